The Bertz CT molecular complexity index is 637. The van der Waals surface area contributed by atoms with Crippen molar-refractivity contribution < 1.29 is 19.1 Å². The number of benzene rings is 1. The topological polar surface area (TPSA) is 55.8 Å². The maximum atomic E-state index is 12.8. The van der Waals surface area contributed by atoms with Gasteiger partial charge in [-0.1, -0.05) is 18.2 Å². The second kappa shape index (κ2) is 10.3. The molecule has 2 aliphatic rings. The number of esters is 1. The minimum Gasteiger partial charge on any atom is -0.466 e. The normalized spacial score (nSPS) is 21.9. The molecule has 3 rings (SSSR count). The summed E-state index contributed by atoms with van der Waals surface area (Å²) in [7, 11) is 0. The Morgan fingerprint density at radius 1 is 1.21 bits per heavy atom. The van der Waals surface area contributed by atoms with Crippen LogP contribution in [0.15, 0.2) is 35.2 Å². The summed E-state index contributed by atoms with van der Waals surface area (Å²) in [4.78, 5) is 28.4. The Kier molecular flexibility index (Phi) is 7.80. The van der Waals surface area contributed by atoms with E-state index >= 15 is 0 Å². The van der Waals surface area contributed by atoms with Crippen molar-refractivity contribution in [3.05, 3.63) is 30.3 Å². The molecule has 2 saturated heterocycles. The van der Waals surface area contributed by atoms with E-state index in [0.29, 0.717) is 44.7 Å². The van der Waals surface area contributed by atoms with Gasteiger partial charge in [-0.15, -0.1) is 11.8 Å². The Labute approximate surface area is 172 Å². The van der Waals surface area contributed by atoms with Crippen molar-refractivity contribution in [2.45, 2.75) is 56.4 Å². The molecule has 1 aromatic rings. The zero-order chi connectivity index (χ0) is 19.8. The molecule has 154 valence electrons. The van der Waals surface area contributed by atoms with Gasteiger partial charge in [-0.25, -0.2) is 0 Å². The standard InChI is InChI=1S/C22H31NO4S/c1-2-26-21(25)22(16-18-8-6-7-15-27-18)11-13-23(14-12-22)20(24)17-28-19-9-4-3-5-10-19/h3-5,9-10,18H,2,6-8,11-17H2,1H3/t18-/m1/s1. The minimum atomic E-state index is -0.513. The first-order valence-corrected chi connectivity index (χ1v) is 11.4. The van der Waals surface area contributed by atoms with Crippen molar-refractivity contribution >= 4 is 23.6 Å². The van der Waals surface area contributed by atoms with Crippen LogP contribution in [0.3, 0.4) is 0 Å². The van der Waals surface area contributed by atoms with Crippen molar-refractivity contribution in [2.75, 3.05) is 32.1 Å². The third-order valence-corrected chi connectivity index (χ3v) is 6.78. The van der Waals surface area contributed by atoms with Gasteiger partial charge >= 0.3 is 5.97 Å². The van der Waals surface area contributed by atoms with Crippen LogP contribution in [-0.4, -0.2) is 54.9 Å². The van der Waals surface area contributed by atoms with Gasteiger partial charge in [-0.2, -0.15) is 0 Å². The molecule has 6 heteroatoms. The predicted molar refractivity (Wildman–Crippen MR) is 110 cm³/mol. The van der Waals surface area contributed by atoms with E-state index in [2.05, 4.69) is 0 Å². The van der Waals surface area contributed by atoms with E-state index < -0.39 is 5.41 Å². The summed E-state index contributed by atoms with van der Waals surface area (Å²) in [5.41, 5.74) is -0.513. The second-order valence-electron chi connectivity index (χ2n) is 7.68. The van der Waals surface area contributed by atoms with Gasteiger partial charge in [0.15, 0.2) is 0 Å². The number of rotatable bonds is 7. The first kappa shape index (κ1) is 21.2. The monoisotopic (exact) mass is 405 g/mol. The SMILES string of the molecule is CCOC(=O)C1(C[C@H]2CCCCO2)CCN(C(=O)CSc2ccccc2)CC1. The smallest absolute Gasteiger partial charge is 0.312 e. The lowest BCUT2D eigenvalue weighted by Crippen LogP contribution is -2.49. The number of carbonyl (C=O) groups is 2. The molecule has 1 atom stereocenters. The van der Waals surface area contributed by atoms with Crippen LogP contribution in [0.4, 0.5) is 0 Å². The fraction of sp³-hybridized carbons (Fsp3) is 0.636. The summed E-state index contributed by atoms with van der Waals surface area (Å²) in [5.74, 6) is 0.456. The fourth-order valence-corrected chi connectivity index (χ4v) is 4.94. The van der Waals surface area contributed by atoms with E-state index in [1.54, 1.807) is 11.8 Å². The molecule has 0 radical (unpaired) electrons. The van der Waals surface area contributed by atoms with E-state index in [0.717, 1.165) is 30.8 Å². The third kappa shape index (κ3) is 5.51. The lowest BCUT2D eigenvalue weighted by molar-refractivity contribution is -0.164. The molecule has 0 saturated carbocycles. The van der Waals surface area contributed by atoms with Gasteiger partial charge in [0.2, 0.25) is 5.91 Å². The number of hydrogen-bond donors (Lipinski definition) is 0. The molecule has 1 aromatic carbocycles. The Balaban J connectivity index is 1.56. The lowest BCUT2D eigenvalue weighted by Gasteiger charge is -2.42. The quantitative estimate of drug-likeness (QED) is 0.508. The average Bonchev–Trinajstić information content (AvgIpc) is 2.74. The van der Waals surface area contributed by atoms with Gasteiger partial charge in [0.05, 0.1) is 23.9 Å². The van der Waals surface area contributed by atoms with Crippen molar-refractivity contribution in [2.24, 2.45) is 5.41 Å². The zero-order valence-corrected chi connectivity index (χ0v) is 17.5. The van der Waals surface area contributed by atoms with Crippen LogP contribution in [0, 0.1) is 5.41 Å². The van der Waals surface area contributed by atoms with Crippen molar-refractivity contribution in [1.29, 1.82) is 0 Å². The first-order chi connectivity index (χ1) is 13.6. The number of hydrogen-bond acceptors (Lipinski definition) is 5. The highest BCUT2D eigenvalue weighted by atomic mass is 32.2. The van der Waals surface area contributed by atoms with Crippen molar-refractivity contribution in [3.63, 3.8) is 0 Å². The van der Waals surface area contributed by atoms with E-state index in [1.165, 1.54) is 0 Å². The molecule has 2 heterocycles. The Morgan fingerprint density at radius 3 is 2.61 bits per heavy atom. The molecule has 28 heavy (non-hydrogen) atoms. The van der Waals surface area contributed by atoms with Gasteiger partial charge < -0.3 is 14.4 Å². The Morgan fingerprint density at radius 2 is 1.96 bits per heavy atom. The van der Waals surface area contributed by atoms with E-state index in [1.807, 2.05) is 42.2 Å². The van der Waals surface area contributed by atoms with Gasteiger partial charge in [-0.05, 0) is 57.6 Å². The van der Waals surface area contributed by atoms with Crippen molar-refractivity contribution in [1.82, 2.24) is 4.90 Å². The highest BCUT2D eigenvalue weighted by molar-refractivity contribution is 8.00. The van der Waals surface area contributed by atoms with Crippen LogP contribution in [0.25, 0.3) is 0 Å². The van der Waals surface area contributed by atoms with Crippen LogP contribution < -0.4 is 0 Å². The van der Waals surface area contributed by atoms with Crippen LogP contribution in [0.2, 0.25) is 0 Å². The van der Waals surface area contributed by atoms with E-state index in [-0.39, 0.29) is 18.0 Å². The highest BCUT2D eigenvalue weighted by Crippen LogP contribution is 2.40. The summed E-state index contributed by atoms with van der Waals surface area (Å²) in [6.45, 7) is 4.25. The molecular formula is C22H31NO4S. The second-order valence-corrected chi connectivity index (χ2v) is 8.72. The molecule has 0 spiro atoms. The largest absolute Gasteiger partial charge is 0.466 e. The highest BCUT2D eigenvalue weighted by Gasteiger charge is 2.45. The maximum absolute atomic E-state index is 12.8. The average molecular weight is 406 g/mol. The number of ether oxygens (including phenoxy) is 2. The molecule has 0 aromatic heterocycles. The molecule has 1 amide bonds. The van der Waals surface area contributed by atoms with Crippen molar-refractivity contribution in [3.8, 4) is 0 Å². The number of likely N-dealkylation sites (tertiary alicyclic amines) is 1. The molecule has 0 unspecified atom stereocenters. The Hall–Kier alpha value is -1.53. The van der Waals surface area contributed by atoms with Gasteiger partial charge in [-0.3, -0.25) is 9.59 Å². The van der Waals surface area contributed by atoms with Gasteiger partial charge in [0, 0.05) is 24.6 Å². The zero-order valence-electron chi connectivity index (χ0n) is 16.7. The van der Waals surface area contributed by atoms with Crippen LogP contribution in [0.1, 0.15) is 45.4 Å². The molecule has 5 nitrogen and oxygen atoms in total. The first-order valence-electron chi connectivity index (χ1n) is 10.4. The summed E-state index contributed by atoms with van der Waals surface area (Å²) >= 11 is 1.56. The summed E-state index contributed by atoms with van der Waals surface area (Å²) < 4.78 is 11.3. The van der Waals surface area contributed by atoms with E-state index in [9.17, 15) is 9.59 Å². The predicted octanol–water partition coefficient (Wildman–Crippen LogP) is 3.91. The fourth-order valence-electron chi connectivity index (χ4n) is 4.12. The van der Waals surface area contributed by atoms with Crippen LogP contribution >= 0.6 is 11.8 Å². The number of nitrogens with zero attached hydrogens (tertiary/aromatic N) is 1. The van der Waals surface area contributed by atoms with Crippen LogP contribution in [0.5, 0.6) is 0 Å². The number of piperidine rings is 1. The number of amides is 1. The molecular weight excluding hydrogens is 374 g/mol. The molecule has 2 fully saturated rings. The number of carbonyl (C=O) groups excluding carboxylic acids is 2. The molecule has 0 N–H and O–H groups in total. The van der Waals surface area contributed by atoms with Crippen LogP contribution in [-0.2, 0) is 19.1 Å². The molecule has 0 bridgehead atoms. The molecule has 2 aliphatic heterocycles. The minimum absolute atomic E-state index is 0.116. The molecule has 0 aliphatic carbocycles. The maximum Gasteiger partial charge on any atom is 0.312 e. The third-order valence-electron chi connectivity index (χ3n) is 5.78. The van der Waals surface area contributed by atoms with Gasteiger partial charge in [0.25, 0.3) is 0 Å². The van der Waals surface area contributed by atoms with Gasteiger partial charge in [0.1, 0.15) is 0 Å². The van der Waals surface area contributed by atoms with E-state index in [4.69, 9.17) is 9.47 Å². The summed E-state index contributed by atoms with van der Waals surface area (Å²) in [6.07, 6.45) is 5.44. The summed E-state index contributed by atoms with van der Waals surface area (Å²) in [5, 5.41) is 0. The lowest BCUT2D eigenvalue weighted by atomic mass is 9.73. The summed E-state index contributed by atoms with van der Waals surface area (Å²) in [6, 6.07) is 9.97. The number of thioether (sulfide) groups is 1.